The van der Waals surface area contributed by atoms with E-state index < -0.39 is 0 Å². The fourth-order valence-electron chi connectivity index (χ4n) is 1.13. The van der Waals surface area contributed by atoms with Gasteiger partial charge in [-0.25, -0.2) is 0 Å². The minimum absolute atomic E-state index is 0.789. The quantitative estimate of drug-likeness (QED) is 0.524. The molecule has 0 saturated carbocycles. The van der Waals surface area contributed by atoms with Gasteiger partial charge in [0.1, 0.15) is 0 Å². The fraction of sp³-hybridized carbons (Fsp3) is 0.800. The van der Waals surface area contributed by atoms with Crippen LogP contribution in [0.25, 0.3) is 0 Å². The first kappa shape index (κ1) is 9.74. The number of hydrogen-bond acceptors (Lipinski definition) is 0. The van der Waals surface area contributed by atoms with Crippen molar-refractivity contribution in [2.45, 2.75) is 34.1 Å². The molecule has 2 atom stereocenters. The molecule has 0 saturated heterocycles. The molecule has 0 radical (unpaired) electrons. The van der Waals surface area contributed by atoms with Gasteiger partial charge in [-0.3, -0.25) is 0 Å². The minimum atomic E-state index is 0.789. The number of allylic oxidation sites excluding steroid dienone is 1. The van der Waals surface area contributed by atoms with Crippen LogP contribution in [0, 0.1) is 17.8 Å². The zero-order valence-corrected chi connectivity index (χ0v) is 7.72. The van der Waals surface area contributed by atoms with E-state index in [1.807, 2.05) is 6.08 Å². The SMILES string of the molecule is C=CC[C@H](C)C(C)C(C)C. The second-order valence-electron chi connectivity index (χ2n) is 3.60. The van der Waals surface area contributed by atoms with Crippen molar-refractivity contribution in [3.8, 4) is 0 Å². The van der Waals surface area contributed by atoms with E-state index in [9.17, 15) is 0 Å². The molecule has 0 aliphatic heterocycles. The van der Waals surface area contributed by atoms with E-state index >= 15 is 0 Å². The molecule has 0 aromatic rings. The lowest BCUT2D eigenvalue weighted by molar-refractivity contribution is 0.298. The summed E-state index contributed by atoms with van der Waals surface area (Å²) in [4.78, 5) is 0. The third-order valence-electron chi connectivity index (χ3n) is 2.49. The lowest BCUT2D eigenvalue weighted by Gasteiger charge is -2.21. The zero-order chi connectivity index (χ0) is 8.15. The Bertz CT molecular complexity index is 92.2. The molecular formula is C10H20. The van der Waals surface area contributed by atoms with Crippen molar-refractivity contribution in [3.63, 3.8) is 0 Å². The summed E-state index contributed by atoms with van der Waals surface area (Å²) in [6, 6.07) is 0. The van der Waals surface area contributed by atoms with Crippen molar-refractivity contribution in [1.29, 1.82) is 0 Å². The minimum Gasteiger partial charge on any atom is -0.103 e. The van der Waals surface area contributed by atoms with Crippen LogP contribution in [0.2, 0.25) is 0 Å². The molecule has 0 spiro atoms. The maximum Gasteiger partial charge on any atom is -0.0325 e. The number of hydrogen-bond donors (Lipinski definition) is 0. The van der Waals surface area contributed by atoms with Gasteiger partial charge >= 0.3 is 0 Å². The molecule has 0 aliphatic rings. The lowest BCUT2D eigenvalue weighted by atomic mass is 9.84. The predicted octanol–water partition coefficient (Wildman–Crippen LogP) is 3.49. The van der Waals surface area contributed by atoms with Gasteiger partial charge in [0, 0.05) is 0 Å². The monoisotopic (exact) mass is 140 g/mol. The van der Waals surface area contributed by atoms with Crippen LogP contribution in [0.4, 0.5) is 0 Å². The third-order valence-corrected chi connectivity index (χ3v) is 2.49. The van der Waals surface area contributed by atoms with Crippen molar-refractivity contribution in [1.82, 2.24) is 0 Å². The molecule has 0 N–H and O–H groups in total. The van der Waals surface area contributed by atoms with Crippen LogP contribution in [0.5, 0.6) is 0 Å². The Hall–Kier alpha value is -0.260. The van der Waals surface area contributed by atoms with Crippen LogP contribution in [-0.2, 0) is 0 Å². The summed E-state index contributed by atoms with van der Waals surface area (Å²) >= 11 is 0. The van der Waals surface area contributed by atoms with Crippen molar-refractivity contribution < 1.29 is 0 Å². The normalized spacial score (nSPS) is 16.9. The largest absolute Gasteiger partial charge is 0.103 e. The summed E-state index contributed by atoms with van der Waals surface area (Å²) in [6.45, 7) is 12.9. The highest BCUT2D eigenvalue weighted by Crippen LogP contribution is 2.22. The van der Waals surface area contributed by atoms with Crippen molar-refractivity contribution in [2.75, 3.05) is 0 Å². The first-order valence-electron chi connectivity index (χ1n) is 4.20. The van der Waals surface area contributed by atoms with Gasteiger partial charge in [-0.05, 0) is 24.2 Å². The maximum atomic E-state index is 3.74. The van der Waals surface area contributed by atoms with Crippen LogP contribution >= 0.6 is 0 Å². The molecule has 0 aromatic carbocycles. The Labute approximate surface area is 65.3 Å². The summed E-state index contributed by atoms with van der Waals surface area (Å²) in [5.41, 5.74) is 0. The lowest BCUT2D eigenvalue weighted by Crippen LogP contribution is -2.13. The standard InChI is InChI=1S/C10H20/c1-6-7-9(4)10(5)8(2)3/h6,8-10H,1,7H2,2-5H3/t9-,10?/m0/s1. The Balaban J connectivity index is 3.68. The van der Waals surface area contributed by atoms with Crippen LogP contribution in [0.1, 0.15) is 34.1 Å². The second-order valence-corrected chi connectivity index (χ2v) is 3.60. The summed E-state index contributed by atoms with van der Waals surface area (Å²) < 4.78 is 0. The van der Waals surface area contributed by atoms with Gasteiger partial charge in [0.2, 0.25) is 0 Å². The van der Waals surface area contributed by atoms with Gasteiger partial charge in [0.25, 0.3) is 0 Å². The molecule has 1 unspecified atom stereocenters. The Kier molecular flexibility index (Phi) is 4.42. The molecular weight excluding hydrogens is 120 g/mol. The van der Waals surface area contributed by atoms with E-state index in [-0.39, 0.29) is 0 Å². The third kappa shape index (κ3) is 3.05. The molecule has 0 bridgehead atoms. The molecule has 0 aliphatic carbocycles. The molecule has 0 aromatic heterocycles. The van der Waals surface area contributed by atoms with Gasteiger partial charge in [-0.15, -0.1) is 6.58 Å². The molecule has 10 heavy (non-hydrogen) atoms. The highest BCUT2D eigenvalue weighted by molar-refractivity contribution is 4.74. The van der Waals surface area contributed by atoms with Crippen LogP contribution in [0.3, 0.4) is 0 Å². The van der Waals surface area contributed by atoms with E-state index in [0.29, 0.717) is 0 Å². The molecule has 0 heteroatoms. The van der Waals surface area contributed by atoms with E-state index in [1.54, 1.807) is 0 Å². The van der Waals surface area contributed by atoms with Gasteiger partial charge in [-0.2, -0.15) is 0 Å². The summed E-state index contributed by atoms with van der Waals surface area (Å²) in [5, 5.41) is 0. The first-order valence-corrected chi connectivity index (χ1v) is 4.20. The van der Waals surface area contributed by atoms with Crippen molar-refractivity contribution in [2.24, 2.45) is 17.8 Å². The van der Waals surface area contributed by atoms with Crippen LogP contribution < -0.4 is 0 Å². The summed E-state index contributed by atoms with van der Waals surface area (Å²) in [7, 11) is 0. The van der Waals surface area contributed by atoms with Gasteiger partial charge in [0.15, 0.2) is 0 Å². The Morgan fingerprint density at radius 3 is 2.00 bits per heavy atom. The molecule has 0 heterocycles. The number of rotatable bonds is 4. The van der Waals surface area contributed by atoms with E-state index in [1.165, 1.54) is 0 Å². The Morgan fingerprint density at radius 1 is 1.20 bits per heavy atom. The first-order chi connectivity index (χ1) is 4.59. The van der Waals surface area contributed by atoms with E-state index in [4.69, 9.17) is 0 Å². The van der Waals surface area contributed by atoms with E-state index in [2.05, 4.69) is 34.3 Å². The Morgan fingerprint density at radius 2 is 1.70 bits per heavy atom. The molecule has 0 nitrogen and oxygen atoms in total. The smallest absolute Gasteiger partial charge is 0.0325 e. The molecule has 60 valence electrons. The summed E-state index contributed by atoms with van der Waals surface area (Å²) in [6.07, 6.45) is 3.17. The van der Waals surface area contributed by atoms with Gasteiger partial charge in [0.05, 0.1) is 0 Å². The van der Waals surface area contributed by atoms with Crippen LogP contribution in [-0.4, -0.2) is 0 Å². The predicted molar refractivity (Wildman–Crippen MR) is 48.0 cm³/mol. The highest BCUT2D eigenvalue weighted by atomic mass is 14.2. The van der Waals surface area contributed by atoms with Gasteiger partial charge < -0.3 is 0 Å². The van der Waals surface area contributed by atoms with E-state index in [0.717, 1.165) is 24.2 Å². The topological polar surface area (TPSA) is 0 Å². The fourth-order valence-corrected chi connectivity index (χ4v) is 1.13. The maximum absolute atomic E-state index is 3.74. The molecule has 0 fully saturated rings. The average Bonchev–Trinajstić information content (AvgIpc) is 1.87. The average molecular weight is 140 g/mol. The molecule has 0 amide bonds. The van der Waals surface area contributed by atoms with Crippen LogP contribution in [0.15, 0.2) is 12.7 Å². The summed E-state index contributed by atoms with van der Waals surface area (Å²) in [5.74, 6) is 2.41. The second kappa shape index (κ2) is 4.54. The van der Waals surface area contributed by atoms with Crippen molar-refractivity contribution >= 4 is 0 Å². The zero-order valence-electron chi connectivity index (χ0n) is 7.72. The van der Waals surface area contributed by atoms with Crippen molar-refractivity contribution in [3.05, 3.63) is 12.7 Å². The molecule has 0 rings (SSSR count). The highest BCUT2D eigenvalue weighted by Gasteiger charge is 2.13. The van der Waals surface area contributed by atoms with Gasteiger partial charge in [-0.1, -0.05) is 33.8 Å².